The van der Waals surface area contributed by atoms with Gasteiger partial charge in [-0.25, -0.2) is 0 Å². The predicted molar refractivity (Wildman–Crippen MR) is 60.0 cm³/mol. The summed E-state index contributed by atoms with van der Waals surface area (Å²) in [5.74, 6) is -1.21. The highest BCUT2D eigenvalue weighted by atomic mass is 32.1. The number of aliphatic carboxylic acids is 2. The van der Waals surface area contributed by atoms with Gasteiger partial charge in [0.15, 0.2) is 0 Å². The van der Waals surface area contributed by atoms with E-state index in [0.717, 1.165) is 0 Å². The summed E-state index contributed by atoms with van der Waals surface area (Å²) >= 11 is 3.81. The van der Waals surface area contributed by atoms with E-state index in [4.69, 9.17) is 21.7 Å². The fraction of sp³-hybridized carbons (Fsp3) is 0.750. The van der Waals surface area contributed by atoms with Gasteiger partial charge in [0.25, 0.3) is 0 Å². The molecule has 6 N–H and O–H groups in total. The van der Waals surface area contributed by atoms with Crippen LogP contribution in [0.1, 0.15) is 19.3 Å². The minimum absolute atomic E-state index is 0.191. The van der Waals surface area contributed by atoms with E-state index in [1.165, 1.54) is 0 Å². The lowest BCUT2D eigenvalue weighted by atomic mass is 10.2. The van der Waals surface area contributed by atoms with Gasteiger partial charge in [0.05, 0.1) is 0 Å². The maximum atomic E-state index is 9.93. The number of hydrogen-bond acceptors (Lipinski definition) is 5. The molecule has 1 atom stereocenters. The molecule has 6 nitrogen and oxygen atoms in total. The predicted octanol–water partition coefficient (Wildman–Crippen LogP) is -0.472. The van der Waals surface area contributed by atoms with E-state index in [1.54, 1.807) is 0 Å². The van der Waals surface area contributed by atoms with Gasteiger partial charge in [0.1, 0.15) is 6.04 Å². The zero-order valence-corrected chi connectivity index (χ0v) is 9.32. The third-order valence-corrected chi connectivity index (χ3v) is 1.61. The van der Waals surface area contributed by atoms with Gasteiger partial charge < -0.3 is 21.7 Å². The molecule has 0 rings (SSSR count). The van der Waals surface area contributed by atoms with Crippen molar-refractivity contribution >= 4 is 24.6 Å². The molecule has 0 radical (unpaired) electrons. The second-order valence-electron chi connectivity index (χ2n) is 2.74. The van der Waals surface area contributed by atoms with Gasteiger partial charge >= 0.3 is 11.9 Å². The normalized spacial score (nSPS) is 11.1. The standard InChI is InChI=1S/C4H9NO2S.C4H9NO2/c5-3(1-2-8)4(6)7;5-3-1-2-4(6)7/h3,8H,1-2,5H2,(H,6,7);1-3,5H2,(H,6,7)/t3-;/m0./s1. The minimum atomic E-state index is -0.959. The number of carboxylic acids is 2. The zero-order chi connectivity index (χ0) is 12.3. The number of carboxylic acid groups (broad SMARTS) is 2. The van der Waals surface area contributed by atoms with Gasteiger partial charge in [-0.15, -0.1) is 0 Å². The lowest BCUT2D eigenvalue weighted by Gasteiger charge is -2.00. The Morgan fingerprint density at radius 2 is 1.87 bits per heavy atom. The van der Waals surface area contributed by atoms with Crippen molar-refractivity contribution in [2.75, 3.05) is 12.3 Å². The fourth-order valence-electron chi connectivity index (χ4n) is 0.516. The van der Waals surface area contributed by atoms with Crippen molar-refractivity contribution in [3.63, 3.8) is 0 Å². The molecule has 0 unspecified atom stereocenters. The molecule has 0 saturated carbocycles. The van der Waals surface area contributed by atoms with Crippen molar-refractivity contribution in [2.45, 2.75) is 25.3 Å². The largest absolute Gasteiger partial charge is 0.481 e. The van der Waals surface area contributed by atoms with Gasteiger partial charge in [-0.2, -0.15) is 12.6 Å². The molecule has 0 aliphatic heterocycles. The van der Waals surface area contributed by atoms with E-state index in [1.807, 2.05) is 0 Å². The van der Waals surface area contributed by atoms with Crippen molar-refractivity contribution in [3.8, 4) is 0 Å². The molecule has 0 aliphatic rings. The molecule has 7 heteroatoms. The van der Waals surface area contributed by atoms with Gasteiger partial charge in [-0.05, 0) is 25.1 Å². The van der Waals surface area contributed by atoms with Crippen LogP contribution in [0.5, 0.6) is 0 Å². The summed E-state index contributed by atoms with van der Waals surface area (Å²) in [6, 6.07) is -0.743. The maximum Gasteiger partial charge on any atom is 0.320 e. The highest BCUT2D eigenvalue weighted by molar-refractivity contribution is 7.80. The zero-order valence-electron chi connectivity index (χ0n) is 8.43. The number of rotatable bonds is 6. The molecule has 0 bridgehead atoms. The van der Waals surface area contributed by atoms with Crippen LogP contribution in [-0.2, 0) is 9.59 Å². The van der Waals surface area contributed by atoms with E-state index in [9.17, 15) is 9.59 Å². The summed E-state index contributed by atoms with van der Waals surface area (Å²) in [6.45, 7) is 0.465. The van der Waals surface area contributed by atoms with Crippen molar-refractivity contribution in [3.05, 3.63) is 0 Å². The van der Waals surface area contributed by atoms with Crippen molar-refractivity contribution < 1.29 is 19.8 Å². The molecule has 0 aromatic heterocycles. The molecule has 0 aromatic carbocycles. The molecular weight excluding hydrogens is 220 g/mol. The van der Waals surface area contributed by atoms with E-state index < -0.39 is 18.0 Å². The summed E-state index contributed by atoms with van der Waals surface area (Å²) in [5, 5.41) is 16.1. The molecule has 0 fully saturated rings. The Kier molecular flexibility index (Phi) is 12.5. The Balaban J connectivity index is 0. The summed E-state index contributed by atoms with van der Waals surface area (Å²) in [6.07, 6.45) is 1.20. The summed E-state index contributed by atoms with van der Waals surface area (Å²) in [5.41, 5.74) is 10.1. The molecule has 90 valence electrons. The quantitative estimate of drug-likeness (QED) is 0.398. The van der Waals surface area contributed by atoms with Crippen LogP contribution in [0.15, 0.2) is 0 Å². The lowest BCUT2D eigenvalue weighted by molar-refractivity contribution is -0.139. The Bertz CT molecular complexity index is 189. The molecule has 0 aliphatic carbocycles. The lowest BCUT2D eigenvalue weighted by Crippen LogP contribution is -2.30. The van der Waals surface area contributed by atoms with Crippen molar-refractivity contribution in [2.24, 2.45) is 11.5 Å². The minimum Gasteiger partial charge on any atom is -0.481 e. The summed E-state index contributed by atoms with van der Waals surface area (Å²) < 4.78 is 0. The molecule has 0 heterocycles. The Morgan fingerprint density at radius 1 is 1.33 bits per heavy atom. The average Bonchev–Trinajstić information content (AvgIpc) is 2.16. The van der Waals surface area contributed by atoms with E-state index in [2.05, 4.69) is 12.6 Å². The van der Waals surface area contributed by atoms with E-state index in [-0.39, 0.29) is 6.42 Å². The number of hydrogen-bond donors (Lipinski definition) is 5. The summed E-state index contributed by atoms with van der Waals surface area (Å²) in [4.78, 5) is 19.6. The molecule has 15 heavy (non-hydrogen) atoms. The molecule has 0 saturated heterocycles. The first kappa shape index (κ1) is 16.6. The number of carbonyl (C=O) groups is 2. The summed E-state index contributed by atoms with van der Waals surface area (Å²) in [7, 11) is 0. The maximum absolute atomic E-state index is 9.93. The monoisotopic (exact) mass is 238 g/mol. The van der Waals surface area contributed by atoms with Crippen LogP contribution in [0.3, 0.4) is 0 Å². The Morgan fingerprint density at radius 3 is 2.00 bits per heavy atom. The molecule has 0 amide bonds. The van der Waals surface area contributed by atoms with Crippen LogP contribution in [0.2, 0.25) is 0 Å². The molecule has 0 aromatic rings. The van der Waals surface area contributed by atoms with Crippen LogP contribution in [0.25, 0.3) is 0 Å². The van der Waals surface area contributed by atoms with Crippen molar-refractivity contribution in [1.29, 1.82) is 0 Å². The SMILES string of the molecule is NCCCC(=O)O.N[C@@H](CCS)C(=O)O. The van der Waals surface area contributed by atoms with E-state index >= 15 is 0 Å². The van der Waals surface area contributed by atoms with Crippen LogP contribution >= 0.6 is 12.6 Å². The third-order valence-electron chi connectivity index (χ3n) is 1.35. The Labute approximate surface area is 94.0 Å². The second kappa shape index (κ2) is 11.3. The Hall–Kier alpha value is -0.790. The number of thiol groups is 1. The first-order chi connectivity index (χ1) is 6.95. The third kappa shape index (κ3) is 15.9. The van der Waals surface area contributed by atoms with Crippen LogP contribution in [0, 0.1) is 0 Å². The van der Waals surface area contributed by atoms with Crippen LogP contribution < -0.4 is 11.5 Å². The van der Waals surface area contributed by atoms with Gasteiger partial charge in [0, 0.05) is 6.42 Å². The molecular formula is C8H18N2O4S. The first-order valence-corrected chi connectivity index (χ1v) is 5.10. The van der Waals surface area contributed by atoms with E-state index in [0.29, 0.717) is 25.1 Å². The second-order valence-corrected chi connectivity index (χ2v) is 3.19. The van der Waals surface area contributed by atoms with Gasteiger partial charge in [-0.1, -0.05) is 0 Å². The highest BCUT2D eigenvalue weighted by Crippen LogP contribution is 1.88. The highest BCUT2D eigenvalue weighted by Gasteiger charge is 2.08. The number of nitrogens with two attached hydrogens (primary N) is 2. The van der Waals surface area contributed by atoms with Crippen LogP contribution in [-0.4, -0.2) is 40.5 Å². The van der Waals surface area contributed by atoms with Gasteiger partial charge in [0.2, 0.25) is 0 Å². The average molecular weight is 238 g/mol. The fourth-order valence-corrected chi connectivity index (χ4v) is 0.794. The molecule has 0 spiro atoms. The smallest absolute Gasteiger partial charge is 0.320 e. The van der Waals surface area contributed by atoms with Crippen molar-refractivity contribution in [1.82, 2.24) is 0 Å². The van der Waals surface area contributed by atoms with Crippen LogP contribution in [0.4, 0.5) is 0 Å². The van der Waals surface area contributed by atoms with Gasteiger partial charge in [-0.3, -0.25) is 9.59 Å². The first-order valence-electron chi connectivity index (χ1n) is 4.46. The topological polar surface area (TPSA) is 127 Å².